The van der Waals surface area contributed by atoms with E-state index in [0.29, 0.717) is 19.7 Å². The van der Waals surface area contributed by atoms with Crippen molar-refractivity contribution in [3.8, 4) is 0 Å². The molecule has 0 aromatic heterocycles. The van der Waals surface area contributed by atoms with Crippen LogP contribution in [0.3, 0.4) is 0 Å². The summed E-state index contributed by atoms with van der Waals surface area (Å²) in [4.78, 5) is 13.4. The van der Waals surface area contributed by atoms with E-state index in [1.807, 2.05) is 48.5 Å². The Morgan fingerprint density at radius 1 is 1.14 bits per heavy atom. The molecule has 1 rings (SSSR count). The number of carbonyl (C=O) groups is 1. The number of carbonyl (C=O) groups excluding carboxylic acids is 1. The Morgan fingerprint density at radius 3 is 2.00 bits per heavy atom. The highest BCUT2D eigenvalue weighted by atomic mass is 16.6. The first-order chi connectivity index (χ1) is 9.59. The van der Waals surface area contributed by atoms with Gasteiger partial charge in [-0.2, -0.15) is 0 Å². The molecule has 1 atom stereocenters. The van der Waals surface area contributed by atoms with Gasteiger partial charge in [0.05, 0.1) is 18.8 Å². The van der Waals surface area contributed by atoms with Crippen molar-refractivity contribution in [1.82, 2.24) is 4.90 Å². The third kappa shape index (κ3) is 9.69. The molecule has 1 unspecified atom stereocenters. The van der Waals surface area contributed by atoms with Gasteiger partial charge in [0, 0.05) is 6.54 Å². The largest absolute Gasteiger partial charge is 0.444 e. The molecule has 0 spiro atoms. The van der Waals surface area contributed by atoms with Crippen LogP contribution in [0.25, 0.3) is 0 Å². The third-order valence-corrected chi connectivity index (χ3v) is 2.51. The Kier molecular flexibility index (Phi) is 10.7. The predicted octanol–water partition coefficient (Wildman–Crippen LogP) is 3.45. The molecular weight excluding hydrogens is 270 g/mol. The standard InChI is InChI=1S/C12H23NO4.2C2H6/c1-11(2,3)17-10(14)13-6-7-16-9(8-13)12(4,5)15;2*1-2/h9,15H,6-8H2,1-5H3;2*1-2H3. The van der Waals surface area contributed by atoms with E-state index < -0.39 is 11.2 Å². The molecule has 0 aliphatic carbocycles. The van der Waals surface area contributed by atoms with Crippen molar-refractivity contribution < 1.29 is 19.4 Å². The first-order valence-corrected chi connectivity index (χ1v) is 7.91. The first kappa shape index (κ1) is 22.5. The van der Waals surface area contributed by atoms with Crippen LogP contribution in [-0.2, 0) is 9.47 Å². The number of aliphatic hydroxyl groups is 1. The summed E-state index contributed by atoms with van der Waals surface area (Å²) in [6.07, 6.45) is -0.723. The van der Waals surface area contributed by atoms with Gasteiger partial charge in [0.15, 0.2) is 0 Å². The summed E-state index contributed by atoms with van der Waals surface area (Å²) in [6.45, 7) is 18.1. The first-order valence-electron chi connectivity index (χ1n) is 7.91. The van der Waals surface area contributed by atoms with Gasteiger partial charge in [-0.05, 0) is 34.6 Å². The fourth-order valence-electron chi connectivity index (χ4n) is 1.57. The molecule has 128 valence electrons. The average Bonchev–Trinajstić information content (AvgIpc) is 2.41. The van der Waals surface area contributed by atoms with Crippen LogP contribution in [0, 0.1) is 0 Å². The van der Waals surface area contributed by atoms with Crippen molar-refractivity contribution in [1.29, 1.82) is 0 Å². The number of amides is 1. The highest BCUT2D eigenvalue weighted by Crippen LogP contribution is 2.19. The number of rotatable bonds is 1. The molecule has 21 heavy (non-hydrogen) atoms. The molecule has 5 heteroatoms. The second-order valence-corrected chi connectivity index (χ2v) is 5.94. The summed E-state index contributed by atoms with van der Waals surface area (Å²) in [5.41, 5.74) is -1.46. The van der Waals surface area contributed by atoms with E-state index in [2.05, 4.69) is 0 Å². The number of hydrogen-bond acceptors (Lipinski definition) is 4. The lowest BCUT2D eigenvalue weighted by atomic mass is 10.0. The van der Waals surface area contributed by atoms with Crippen LogP contribution < -0.4 is 0 Å². The Labute approximate surface area is 130 Å². The summed E-state index contributed by atoms with van der Waals surface area (Å²) in [6, 6.07) is 0. The number of hydrogen-bond donors (Lipinski definition) is 1. The highest BCUT2D eigenvalue weighted by molar-refractivity contribution is 5.68. The van der Waals surface area contributed by atoms with E-state index in [0.717, 1.165) is 0 Å². The maximum Gasteiger partial charge on any atom is 0.410 e. The smallest absolute Gasteiger partial charge is 0.410 e. The molecule has 1 saturated heterocycles. The zero-order valence-electron chi connectivity index (χ0n) is 15.3. The van der Waals surface area contributed by atoms with Crippen LogP contribution in [0.5, 0.6) is 0 Å². The molecular formula is C16H35NO4. The summed E-state index contributed by atoms with van der Waals surface area (Å²) in [7, 11) is 0. The van der Waals surface area contributed by atoms with E-state index in [-0.39, 0.29) is 12.2 Å². The summed E-state index contributed by atoms with van der Waals surface area (Å²) in [5, 5.41) is 9.87. The molecule has 0 radical (unpaired) electrons. The molecule has 0 bridgehead atoms. The lowest BCUT2D eigenvalue weighted by molar-refractivity contribution is -0.125. The molecule has 1 N–H and O–H groups in total. The van der Waals surface area contributed by atoms with Crippen LogP contribution in [0.1, 0.15) is 62.3 Å². The van der Waals surface area contributed by atoms with Crippen LogP contribution in [0.15, 0.2) is 0 Å². The second-order valence-electron chi connectivity index (χ2n) is 5.94. The molecule has 0 saturated carbocycles. The minimum absolute atomic E-state index is 0.352. The van der Waals surface area contributed by atoms with E-state index in [1.165, 1.54) is 0 Å². The fraction of sp³-hybridized carbons (Fsp3) is 0.938. The summed E-state index contributed by atoms with van der Waals surface area (Å²) in [5.74, 6) is 0. The van der Waals surface area contributed by atoms with Gasteiger partial charge in [-0.25, -0.2) is 4.79 Å². The number of morpholine rings is 1. The Hall–Kier alpha value is -0.810. The lowest BCUT2D eigenvalue weighted by Gasteiger charge is -2.38. The fourth-order valence-corrected chi connectivity index (χ4v) is 1.57. The van der Waals surface area contributed by atoms with Crippen molar-refractivity contribution in [2.45, 2.75) is 79.6 Å². The zero-order valence-corrected chi connectivity index (χ0v) is 15.3. The summed E-state index contributed by atoms with van der Waals surface area (Å²) >= 11 is 0. The van der Waals surface area contributed by atoms with Crippen molar-refractivity contribution in [3.63, 3.8) is 0 Å². The van der Waals surface area contributed by atoms with Gasteiger partial charge in [-0.1, -0.05) is 27.7 Å². The number of nitrogens with zero attached hydrogens (tertiary/aromatic N) is 1. The zero-order chi connectivity index (χ0) is 17.3. The molecule has 1 aliphatic rings. The van der Waals surface area contributed by atoms with Gasteiger partial charge in [0.1, 0.15) is 11.7 Å². The topological polar surface area (TPSA) is 59.0 Å². The minimum atomic E-state index is -0.958. The van der Waals surface area contributed by atoms with Crippen LogP contribution in [-0.4, -0.2) is 53.1 Å². The van der Waals surface area contributed by atoms with Crippen LogP contribution in [0.4, 0.5) is 4.79 Å². The van der Waals surface area contributed by atoms with Crippen molar-refractivity contribution in [3.05, 3.63) is 0 Å². The third-order valence-electron chi connectivity index (χ3n) is 2.51. The van der Waals surface area contributed by atoms with Crippen LogP contribution in [0.2, 0.25) is 0 Å². The van der Waals surface area contributed by atoms with Gasteiger partial charge in [-0.3, -0.25) is 0 Å². The van der Waals surface area contributed by atoms with Gasteiger partial charge < -0.3 is 19.5 Å². The van der Waals surface area contributed by atoms with Gasteiger partial charge in [0.2, 0.25) is 0 Å². The average molecular weight is 305 g/mol. The van der Waals surface area contributed by atoms with E-state index in [9.17, 15) is 9.90 Å². The van der Waals surface area contributed by atoms with Crippen LogP contribution >= 0.6 is 0 Å². The monoisotopic (exact) mass is 305 g/mol. The Bertz CT molecular complexity index is 279. The maximum absolute atomic E-state index is 11.9. The predicted molar refractivity (Wildman–Crippen MR) is 86.5 cm³/mol. The van der Waals surface area contributed by atoms with E-state index in [1.54, 1.807) is 18.7 Å². The van der Waals surface area contributed by atoms with E-state index >= 15 is 0 Å². The van der Waals surface area contributed by atoms with Gasteiger partial charge in [-0.15, -0.1) is 0 Å². The SMILES string of the molecule is CC.CC.CC(C)(C)OC(=O)N1CCOC(C(C)(C)O)C1. The molecule has 0 aromatic carbocycles. The minimum Gasteiger partial charge on any atom is -0.444 e. The molecule has 5 nitrogen and oxygen atoms in total. The Balaban J connectivity index is 0. The van der Waals surface area contributed by atoms with Crippen molar-refractivity contribution in [2.75, 3.05) is 19.7 Å². The van der Waals surface area contributed by atoms with Crippen molar-refractivity contribution in [2.24, 2.45) is 0 Å². The van der Waals surface area contributed by atoms with Gasteiger partial charge >= 0.3 is 6.09 Å². The highest BCUT2D eigenvalue weighted by Gasteiger charge is 2.35. The number of ether oxygens (including phenoxy) is 2. The molecule has 0 aromatic rings. The molecule has 1 amide bonds. The second kappa shape index (κ2) is 10.0. The Morgan fingerprint density at radius 2 is 1.62 bits per heavy atom. The molecule has 1 aliphatic heterocycles. The van der Waals surface area contributed by atoms with Gasteiger partial charge in [0.25, 0.3) is 0 Å². The molecule has 1 fully saturated rings. The van der Waals surface area contributed by atoms with Crippen molar-refractivity contribution >= 4 is 6.09 Å². The lowest BCUT2D eigenvalue weighted by Crippen LogP contribution is -2.54. The van der Waals surface area contributed by atoms with E-state index in [4.69, 9.17) is 9.47 Å². The summed E-state index contributed by atoms with van der Waals surface area (Å²) < 4.78 is 10.7. The maximum atomic E-state index is 11.9. The normalized spacial score (nSPS) is 18.8. The molecule has 1 heterocycles. The quantitative estimate of drug-likeness (QED) is 0.806.